The molecule has 1 aliphatic rings. The highest BCUT2D eigenvalue weighted by Gasteiger charge is 2.31. The Kier molecular flexibility index (Phi) is 9.04. The summed E-state index contributed by atoms with van der Waals surface area (Å²) in [5.41, 5.74) is 2.99. The Balaban J connectivity index is 1.69. The zero-order chi connectivity index (χ0) is 28.0. The quantitative estimate of drug-likeness (QED) is 0.361. The molecule has 2 atom stereocenters. The van der Waals surface area contributed by atoms with Gasteiger partial charge in [-0.05, 0) is 69.0 Å². The zero-order valence-corrected chi connectivity index (χ0v) is 23.3. The lowest BCUT2D eigenvalue weighted by Crippen LogP contribution is -2.40. The van der Waals surface area contributed by atoms with Gasteiger partial charge in [-0.1, -0.05) is 48.5 Å². The van der Waals surface area contributed by atoms with E-state index in [9.17, 15) is 18.0 Å². The maximum Gasteiger partial charge on any atom is 0.310 e. The summed E-state index contributed by atoms with van der Waals surface area (Å²) in [4.78, 5) is 27.4. The van der Waals surface area contributed by atoms with Crippen LogP contribution in [0.15, 0.2) is 77.7 Å². The fourth-order valence-corrected chi connectivity index (χ4v) is 6.33. The third-order valence-electron chi connectivity index (χ3n) is 6.91. The molecule has 1 heterocycles. The van der Waals surface area contributed by atoms with Crippen LogP contribution in [0.5, 0.6) is 0 Å². The molecule has 0 saturated carbocycles. The van der Waals surface area contributed by atoms with Gasteiger partial charge in [-0.25, -0.2) is 13.1 Å². The minimum absolute atomic E-state index is 0.0392. The van der Waals surface area contributed by atoms with Crippen molar-refractivity contribution in [2.24, 2.45) is 5.92 Å². The molecular formula is C30H35N3O5S. The van der Waals surface area contributed by atoms with Crippen molar-refractivity contribution < 1.29 is 22.7 Å². The largest absolute Gasteiger partial charge is 0.466 e. The molecule has 3 aromatic rings. The summed E-state index contributed by atoms with van der Waals surface area (Å²) in [6.45, 7) is 6.65. The molecule has 0 aromatic heterocycles. The van der Waals surface area contributed by atoms with Gasteiger partial charge in [-0.2, -0.15) is 0 Å². The van der Waals surface area contributed by atoms with Gasteiger partial charge in [-0.3, -0.25) is 9.59 Å². The van der Waals surface area contributed by atoms with Crippen LogP contribution in [0.1, 0.15) is 54.2 Å². The molecule has 2 N–H and O–H groups in total. The van der Waals surface area contributed by atoms with Crippen LogP contribution in [0.2, 0.25) is 0 Å². The molecule has 8 nitrogen and oxygen atoms in total. The van der Waals surface area contributed by atoms with Crippen LogP contribution >= 0.6 is 0 Å². The maximum absolute atomic E-state index is 13.8. The number of rotatable bonds is 9. The van der Waals surface area contributed by atoms with Gasteiger partial charge in [-0.15, -0.1) is 0 Å². The lowest BCUT2D eigenvalue weighted by molar-refractivity contribution is -0.148. The van der Waals surface area contributed by atoms with E-state index in [0.29, 0.717) is 43.1 Å². The molecule has 0 radical (unpaired) electrons. The predicted molar refractivity (Wildman–Crippen MR) is 152 cm³/mol. The number of sulfonamides is 1. The highest BCUT2D eigenvalue weighted by atomic mass is 32.2. The monoisotopic (exact) mass is 549 g/mol. The lowest BCUT2D eigenvalue weighted by Gasteiger charge is -2.34. The van der Waals surface area contributed by atoms with Gasteiger partial charge >= 0.3 is 5.97 Å². The SMILES string of the molecule is CCOC(=O)[C@@H]1CCCN(c2ccc(NC(=O)c3ccccc3C)cc2S(=O)(=O)N[C@H](C)c2ccccc2)C1. The number of hydrogen-bond donors (Lipinski definition) is 2. The van der Waals surface area contributed by atoms with E-state index in [2.05, 4.69) is 10.0 Å². The van der Waals surface area contributed by atoms with Crippen LogP contribution in [0.25, 0.3) is 0 Å². The van der Waals surface area contributed by atoms with E-state index in [1.165, 1.54) is 6.07 Å². The fraction of sp³-hybridized carbons (Fsp3) is 0.333. The van der Waals surface area contributed by atoms with Crippen LogP contribution in [0.4, 0.5) is 11.4 Å². The van der Waals surface area contributed by atoms with E-state index in [1.54, 1.807) is 38.1 Å². The van der Waals surface area contributed by atoms with Crippen molar-refractivity contribution in [3.05, 3.63) is 89.5 Å². The van der Waals surface area contributed by atoms with Crippen LogP contribution < -0.4 is 14.9 Å². The van der Waals surface area contributed by atoms with Gasteiger partial charge in [0.15, 0.2) is 0 Å². The van der Waals surface area contributed by atoms with E-state index in [0.717, 1.165) is 17.5 Å². The average molecular weight is 550 g/mol. The molecule has 4 rings (SSSR count). The van der Waals surface area contributed by atoms with Gasteiger partial charge in [0.1, 0.15) is 4.90 Å². The van der Waals surface area contributed by atoms with Gasteiger partial charge in [0.2, 0.25) is 10.0 Å². The second kappa shape index (κ2) is 12.4. The van der Waals surface area contributed by atoms with E-state index < -0.39 is 16.1 Å². The molecule has 0 unspecified atom stereocenters. The average Bonchev–Trinajstić information content (AvgIpc) is 2.93. The van der Waals surface area contributed by atoms with Crippen molar-refractivity contribution in [3.63, 3.8) is 0 Å². The highest BCUT2D eigenvalue weighted by Crippen LogP contribution is 2.33. The Bertz CT molecular complexity index is 1430. The summed E-state index contributed by atoms with van der Waals surface area (Å²) >= 11 is 0. The molecule has 39 heavy (non-hydrogen) atoms. The highest BCUT2D eigenvalue weighted by molar-refractivity contribution is 7.89. The molecule has 9 heteroatoms. The molecule has 1 fully saturated rings. The Labute approximate surface area is 230 Å². The molecule has 1 amide bonds. The molecule has 206 valence electrons. The zero-order valence-electron chi connectivity index (χ0n) is 22.5. The predicted octanol–water partition coefficient (Wildman–Crippen LogP) is 5.07. The number of ether oxygens (including phenoxy) is 1. The number of anilines is 2. The first-order valence-corrected chi connectivity index (χ1v) is 14.7. The summed E-state index contributed by atoms with van der Waals surface area (Å²) in [6, 6.07) is 20.9. The smallest absolute Gasteiger partial charge is 0.310 e. The number of aryl methyl sites for hydroxylation is 1. The Morgan fingerprint density at radius 3 is 2.49 bits per heavy atom. The van der Waals surface area contributed by atoms with Crippen LogP contribution in [0, 0.1) is 12.8 Å². The second-order valence-electron chi connectivity index (χ2n) is 9.74. The number of amides is 1. The Morgan fingerprint density at radius 2 is 1.77 bits per heavy atom. The minimum Gasteiger partial charge on any atom is -0.466 e. The Hall–Kier alpha value is -3.69. The number of piperidine rings is 1. The van der Waals surface area contributed by atoms with E-state index in [1.807, 2.05) is 54.3 Å². The van der Waals surface area contributed by atoms with Gasteiger partial charge < -0.3 is 15.0 Å². The van der Waals surface area contributed by atoms with Crippen molar-refractivity contribution in [2.75, 3.05) is 29.9 Å². The van der Waals surface area contributed by atoms with Gasteiger partial charge in [0.25, 0.3) is 5.91 Å². The van der Waals surface area contributed by atoms with Gasteiger partial charge in [0, 0.05) is 30.4 Å². The summed E-state index contributed by atoms with van der Waals surface area (Å²) in [5, 5.41) is 2.85. The first kappa shape index (κ1) is 28.3. The molecule has 1 aliphatic heterocycles. The normalized spacial score (nSPS) is 16.4. The fourth-order valence-electron chi connectivity index (χ4n) is 4.85. The third-order valence-corrected chi connectivity index (χ3v) is 8.48. The molecule has 1 saturated heterocycles. The molecule has 0 spiro atoms. The van der Waals surface area contributed by atoms with Crippen LogP contribution in [-0.4, -0.2) is 40.0 Å². The number of esters is 1. The summed E-state index contributed by atoms with van der Waals surface area (Å²) < 4.78 is 35.7. The molecule has 0 aliphatic carbocycles. The van der Waals surface area contributed by atoms with Crippen LogP contribution in [-0.2, 0) is 19.6 Å². The van der Waals surface area contributed by atoms with Crippen molar-refractivity contribution >= 4 is 33.3 Å². The standard InChI is InChI=1S/C30H35N3O5S/c1-4-38-30(35)24-14-10-18-33(20-24)27-17-16-25(31-29(34)26-15-9-8-11-21(26)2)19-28(27)39(36,37)32-22(3)23-12-6-5-7-13-23/h5-9,11-13,15-17,19,22,24,32H,4,10,14,18,20H2,1-3H3,(H,31,34)/t22-,24-/m1/s1. The first-order chi connectivity index (χ1) is 18.7. The van der Waals surface area contributed by atoms with Crippen molar-refractivity contribution in [1.29, 1.82) is 0 Å². The number of hydrogen-bond acceptors (Lipinski definition) is 6. The number of carbonyl (C=O) groups excluding carboxylic acids is 2. The van der Waals surface area contributed by atoms with Gasteiger partial charge in [0.05, 0.1) is 18.2 Å². The topological polar surface area (TPSA) is 105 Å². The number of benzene rings is 3. The molecule has 3 aromatic carbocycles. The summed E-state index contributed by atoms with van der Waals surface area (Å²) in [6.07, 6.45) is 1.41. The minimum atomic E-state index is -4.03. The summed E-state index contributed by atoms with van der Waals surface area (Å²) in [5.74, 6) is -0.939. The third kappa shape index (κ3) is 6.85. The van der Waals surface area contributed by atoms with Crippen LogP contribution in [0.3, 0.4) is 0 Å². The molecular weight excluding hydrogens is 514 g/mol. The summed E-state index contributed by atoms with van der Waals surface area (Å²) in [7, 11) is -4.03. The first-order valence-electron chi connectivity index (χ1n) is 13.2. The van der Waals surface area contributed by atoms with Crippen molar-refractivity contribution in [1.82, 2.24) is 4.72 Å². The van der Waals surface area contributed by atoms with E-state index >= 15 is 0 Å². The molecule has 0 bridgehead atoms. The Morgan fingerprint density at radius 1 is 1.05 bits per heavy atom. The number of nitrogens with one attached hydrogen (secondary N) is 2. The maximum atomic E-state index is 13.8. The number of carbonyl (C=O) groups is 2. The number of nitrogens with zero attached hydrogens (tertiary/aromatic N) is 1. The van der Waals surface area contributed by atoms with E-state index in [4.69, 9.17) is 4.74 Å². The van der Waals surface area contributed by atoms with Crippen molar-refractivity contribution in [3.8, 4) is 0 Å². The second-order valence-corrected chi connectivity index (χ2v) is 11.4. The lowest BCUT2D eigenvalue weighted by atomic mass is 9.97. The van der Waals surface area contributed by atoms with E-state index in [-0.39, 0.29) is 22.7 Å². The van der Waals surface area contributed by atoms with Crippen molar-refractivity contribution in [2.45, 2.75) is 44.6 Å².